The standard InChI is InChI=1S/C15H18N2O3/c1-16(19-2)15(18)12-6-5-11-7-8-17(13(11)10-12)14-4-3-9-20-14/h5-8,10,14H,3-4,9H2,1-2H3. The van der Waals surface area contributed by atoms with E-state index in [2.05, 4.69) is 4.57 Å². The van der Waals surface area contributed by atoms with Crippen molar-refractivity contribution in [2.45, 2.75) is 19.1 Å². The lowest BCUT2D eigenvalue weighted by Crippen LogP contribution is -2.25. The van der Waals surface area contributed by atoms with Crippen LogP contribution in [0.1, 0.15) is 29.4 Å². The van der Waals surface area contributed by atoms with E-state index in [4.69, 9.17) is 9.57 Å². The van der Waals surface area contributed by atoms with E-state index in [9.17, 15) is 4.79 Å². The van der Waals surface area contributed by atoms with Crippen LogP contribution in [0, 0.1) is 0 Å². The van der Waals surface area contributed by atoms with Crippen molar-refractivity contribution in [1.29, 1.82) is 0 Å². The number of hydroxylamine groups is 2. The average Bonchev–Trinajstić information content (AvgIpc) is 3.13. The fourth-order valence-electron chi connectivity index (χ4n) is 2.58. The molecule has 0 bridgehead atoms. The zero-order valence-electron chi connectivity index (χ0n) is 11.7. The van der Waals surface area contributed by atoms with Crippen LogP contribution in [0.2, 0.25) is 0 Å². The Kier molecular flexibility index (Phi) is 3.46. The molecule has 1 unspecified atom stereocenters. The quantitative estimate of drug-likeness (QED) is 0.808. The van der Waals surface area contributed by atoms with Crippen LogP contribution in [0.3, 0.4) is 0 Å². The van der Waals surface area contributed by atoms with Crippen LogP contribution in [-0.2, 0) is 9.57 Å². The van der Waals surface area contributed by atoms with Crippen molar-refractivity contribution in [3.63, 3.8) is 0 Å². The van der Waals surface area contributed by atoms with Crippen molar-refractivity contribution in [1.82, 2.24) is 9.63 Å². The minimum absolute atomic E-state index is 0.0815. The van der Waals surface area contributed by atoms with Crippen LogP contribution in [0.15, 0.2) is 30.5 Å². The Balaban J connectivity index is 2.00. The summed E-state index contributed by atoms with van der Waals surface area (Å²) >= 11 is 0. The molecule has 1 amide bonds. The molecule has 20 heavy (non-hydrogen) atoms. The molecule has 0 spiro atoms. The minimum atomic E-state index is -0.158. The van der Waals surface area contributed by atoms with Gasteiger partial charge < -0.3 is 9.30 Å². The smallest absolute Gasteiger partial charge is 0.277 e. The van der Waals surface area contributed by atoms with E-state index in [0.717, 1.165) is 30.4 Å². The van der Waals surface area contributed by atoms with Gasteiger partial charge in [0.25, 0.3) is 5.91 Å². The molecule has 1 fully saturated rings. The van der Waals surface area contributed by atoms with Crippen molar-refractivity contribution in [2.24, 2.45) is 0 Å². The summed E-state index contributed by atoms with van der Waals surface area (Å²) in [5, 5.41) is 2.33. The first kappa shape index (κ1) is 13.1. The molecule has 0 aliphatic carbocycles. The predicted octanol–water partition coefficient (Wildman–Crippen LogP) is 2.58. The van der Waals surface area contributed by atoms with Crippen LogP contribution in [-0.4, -0.2) is 36.3 Å². The molecule has 1 saturated heterocycles. The van der Waals surface area contributed by atoms with E-state index in [0.29, 0.717) is 5.56 Å². The number of carbonyl (C=O) groups excluding carboxylic acids is 1. The average molecular weight is 274 g/mol. The van der Waals surface area contributed by atoms with E-state index >= 15 is 0 Å². The molecule has 2 aromatic rings. The molecular formula is C15H18N2O3. The summed E-state index contributed by atoms with van der Waals surface area (Å²) < 4.78 is 7.82. The summed E-state index contributed by atoms with van der Waals surface area (Å²) in [5.41, 5.74) is 1.63. The van der Waals surface area contributed by atoms with Gasteiger partial charge in [-0.15, -0.1) is 0 Å². The van der Waals surface area contributed by atoms with Crippen LogP contribution in [0.5, 0.6) is 0 Å². The molecule has 106 valence electrons. The highest BCUT2D eigenvalue weighted by Crippen LogP contribution is 2.28. The number of nitrogens with zero attached hydrogens (tertiary/aromatic N) is 2. The Morgan fingerprint density at radius 3 is 3.00 bits per heavy atom. The zero-order chi connectivity index (χ0) is 14.1. The number of carbonyl (C=O) groups is 1. The third-order valence-corrected chi connectivity index (χ3v) is 3.75. The molecule has 1 aliphatic rings. The molecule has 5 nitrogen and oxygen atoms in total. The Morgan fingerprint density at radius 2 is 2.30 bits per heavy atom. The van der Waals surface area contributed by atoms with Crippen molar-refractivity contribution >= 4 is 16.8 Å². The largest absolute Gasteiger partial charge is 0.358 e. The van der Waals surface area contributed by atoms with Gasteiger partial charge in [-0.3, -0.25) is 9.63 Å². The fourth-order valence-corrected chi connectivity index (χ4v) is 2.58. The first-order valence-electron chi connectivity index (χ1n) is 6.75. The molecular weight excluding hydrogens is 256 g/mol. The Hall–Kier alpha value is -1.85. The number of ether oxygens (including phenoxy) is 1. The summed E-state index contributed by atoms with van der Waals surface area (Å²) in [6.45, 7) is 0.801. The third-order valence-electron chi connectivity index (χ3n) is 3.75. The Bertz CT molecular complexity index is 629. The van der Waals surface area contributed by atoms with E-state index < -0.39 is 0 Å². The van der Waals surface area contributed by atoms with Crippen molar-refractivity contribution in [3.05, 3.63) is 36.0 Å². The van der Waals surface area contributed by atoms with E-state index in [-0.39, 0.29) is 12.1 Å². The van der Waals surface area contributed by atoms with Gasteiger partial charge in [0.1, 0.15) is 6.23 Å². The molecule has 5 heteroatoms. The van der Waals surface area contributed by atoms with Gasteiger partial charge in [0.2, 0.25) is 0 Å². The second-order valence-corrected chi connectivity index (χ2v) is 4.95. The summed E-state index contributed by atoms with van der Waals surface area (Å²) in [7, 11) is 3.08. The van der Waals surface area contributed by atoms with Gasteiger partial charge in [0, 0.05) is 25.4 Å². The third kappa shape index (κ3) is 2.19. The number of benzene rings is 1. The molecule has 1 aromatic carbocycles. The fraction of sp³-hybridized carbons (Fsp3) is 0.400. The van der Waals surface area contributed by atoms with Crippen molar-refractivity contribution in [2.75, 3.05) is 20.8 Å². The molecule has 1 aliphatic heterocycles. The van der Waals surface area contributed by atoms with E-state index in [1.54, 1.807) is 7.05 Å². The maximum atomic E-state index is 12.1. The van der Waals surface area contributed by atoms with Gasteiger partial charge in [0.15, 0.2) is 0 Å². The van der Waals surface area contributed by atoms with Crippen LogP contribution in [0.25, 0.3) is 10.9 Å². The maximum Gasteiger partial charge on any atom is 0.277 e. The highest BCUT2D eigenvalue weighted by atomic mass is 16.7. The van der Waals surface area contributed by atoms with Crippen molar-refractivity contribution in [3.8, 4) is 0 Å². The van der Waals surface area contributed by atoms with E-state index in [1.165, 1.54) is 12.2 Å². The monoisotopic (exact) mass is 274 g/mol. The second kappa shape index (κ2) is 5.26. The lowest BCUT2D eigenvalue weighted by Gasteiger charge is -2.15. The highest BCUT2D eigenvalue weighted by molar-refractivity contribution is 5.97. The Labute approximate surface area is 117 Å². The summed E-state index contributed by atoms with van der Waals surface area (Å²) in [5.74, 6) is -0.158. The van der Waals surface area contributed by atoms with Crippen LogP contribution >= 0.6 is 0 Å². The van der Waals surface area contributed by atoms with Gasteiger partial charge >= 0.3 is 0 Å². The van der Waals surface area contributed by atoms with Gasteiger partial charge in [-0.05, 0) is 36.4 Å². The number of hydrogen-bond acceptors (Lipinski definition) is 3. The second-order valence-electron chi connectivity index (χ2n) is 4.95. The molecule has 0 radical (unpaired) electrons. The summed E-state index contributed by atoms with van der Waals surface area (Å²) in [4.78, 5) is 17.1. The molecule has 3 rings (SSSR count). The van der Waals surface area contributed by atoms with Crippen LogP contribution < -0.4 is 0 Å². The number of aromatic nitrogens is 1. The number of fused-ring (bicyclic) bond motifs is 1. The molecule has 1 atom stereocenters. The topological polar surface area (TPSA) is 43.7 Å². The molecule has 2 heterocycles. The number of amides is 1. The zero-order valence-corrected chi connectivity index (χ0v) is 11.7. The van der Waals surface area contributed by atoms with Crippen LogP contribution in [0.4, 0.5) is 0 Å². The Morgan fingerprint density at radius 1 is 1.45 bits per heavy atom. The first-order valence-corrected chi connectivity index (χ1v) is 6.75. The molecule has 1 aromatic heterocycles. The number of rotatable bonds is 3. The summed E-state index contributed by atoms with van der Waals surface area (Å²) in [6, 6.07) is 7.72. The number of hydrogen-bond donors (Lipinski definition) is 0. The van der Waals surface area contributed by atoms with Gasteiger partial charge in [-0.2, -0.15) is 0 Å². The lowest BCUT2D eigenvalue weighted by molar-refractivity contribution is -0.0756. The minimum Gasteiger partial charge on any atom is -0.358 e. The van der Waals surface area contributed by atoms with Gasteiger partial charge in [0.05, 0.1) is 12.6 Å². The SMILES string of the molecule is CON(C)C(=O)c1ccc2ccn(C3CCCO3)c2c1. The van der Waals surface area contributed by atoms with Gasteiger partial charge in [-0.25, -0.2) is 5.06 Å². The van der Waals surface area contributed by atoms with Gasteiger partial charge in [-0.1, -0.05) is 6.07 Å². The van der Waals surface area contributed by atoms with Crippen molar-refractivity contribution < 1.29 is 14.4 Å². The normalized spacial score (nSPS) is 18.6. The van der Waals surface area contributed by atoms with E-state index in [1.807, 2.05) is 30.5 Å². The highest BCUT2D eigenvalue weighted by Gasteiger charge is 2.19. The molecule has 0 saturated carbocycles. The molecule has 0 N–H and O–H groups in total. The summed E-state index contributed by atoms with van der Waals surface area (Å²) in [6.07, 6.45) is 4.20. The predicted molar refractivity (Wildman–Crippen MR) is 75.3 cm³/mol. The first-order chi connectivity index (χ1) is 9.70. The lowest BCUT2D eigenvalue weighted by atomic mass is 10.1. The maximum absolute atomic E-state index is 12.1.